The topological polar surface area (TPSA) is 55.6 Å². The molecule has 0 aromatic rings. The molecular formula is C10H20N2O2. The van der Waals surface area contributed by atoms with Crippen molar-refractivity contribution in [3.05, 3.63) is 0 Å². The van der Waals surface area contributed by atoms with Gasteiger partial charge in [0.25, 0.3) is 0 Å². The second kappa shape index (κ2) is 4.75. The maximum atomic E-state index is 11.2. The van der Waals surface area contributed by atoms with Gasteiger partial charge in [-0.25, -0.2) is 0 Å². The van der Waals surface area contributed by atoms with Gasteiger partial charge in [0.1, 0.15) is 0 Å². The molecule has 2 N–H and O–H groups in total. The molecule has 3 atom stereocenters. The van der Waals surface area contributed by atoms with Crippen LogP contribution in [0.4, 0.5) is 0 Å². The molecule has 1 amide bonds. The van der Waals surface area contributed by atoms with E-state index in [0.717, 1.165) is 13.0 Å². The molecule has 4 nitrogen and oxygen atoms in total. The van der Waals surface area contributed by atoms with Crippen molar-refractivity contribution in [1.29, 1.82) is 0 Å². The van der Waals surface area contributed by atoms with Crippen molar-refractivity contribution >= 4 is 5.91 Å². The number of morpholine rings is 1. The van der Waals surface area contributed by atoms with E-state index < -0.39 is 0 Å². The highest BCUT2D eigenvalue weighted by Gasteiger charge is 2.31. The van der Waals surface area contributed by atoms with Crippen molar-refractivity contribution in [2.24, 2.45) is 5.73 Å². The van der Waals surface area contributed by atoms with Crippen molar-refractivity contribution in [3.8, 4) is 0 Å². The van der Waals surface area contributed by atoms with Gasteiger partial charge in [-0.3, -0.25) is 9.69 Å². The van der Waals surface area contributed by atoms with Crippen molar-refractivity contribution in [2.45, 2.75) is 45.4 Å². The van der Waals surface area contributed by atoms with Gasteiger partial charge in [-0.2, -0.15) is 0 Å². The monoisotopic (exact) mass is 200 g/mol. The molecule has 0 spiro atoms. The molecule has 0 aliphatic carbocycles. The van der Waals surface area contributed by atoms with Crippen LogP contribution in [-0.2, 0) is 9.53 Å². The van der Waals surface area contributed by atoms with E-state index in [-0.39, 0.29) is 24.1 Å². The molecule has 3 unspecified atom stereocenters. The summed E-state index contributed by atoms with van der Waals surface area (Å²) in [5.41, 5.74) is 5.36. The van der Waals surface area contributed by atoms with Crippen LogP contribution in [0.1, 0.15) is 27.2 Å². The third-order valence-electron chi connectivity index (χ3n) is 2.77. The van der Waals surface area contributed by atoms with E-state index in [4.69, 9.17) is 10.5 Å². The molecule has 1 aliphatic heterocycles. The molecule has 14 heavy (non-hydrogen) atoms. The van der Waals surface area contributed by atoms with E-state index in [0.29, 0.717) is 6.61 Å². The van der Waals surface area contributed by atoms with Gasteiger partial charge in [0.2, 0.25) is 5.91 Å². The third kappa shape index (κ3) is 2.45. The molecule has 0 aromatic carbocycles. The fraction of sp³-hybridized carbons (Fsp3) is 0.900. The number of hydrogen-bond acceptors (Lipinski definition) is 3. The Morgan fingerprint density at radius 3 is 2.79 bits per heavy atom. The lowest BCUT2D eigenvalue weighted by Crippen LogP contribution is -2.55. The molecular weight excluding hydrogens is 180 g/mol. The number of amides is 1. The van der Waals surface area contributed by atoms with Gasteiger partial charge >= 0.3 is 0 Å². The summed E-state index contributed by atoms with van der Waals surface area (Å²) in [5, 5.41) is 0. The van der Waals surface area contributed by atoms with E-state index in [9.17, 15) is 4.79 Å². The number of primary amides is 1. The summed E-state index contributed by atoms with van der Waals surface area (Å²) >= 11 is 0. The molecule has 1 saturated heterocycles. The minimum Gasteiger partial charge on any atom is -0.376 e. The highest BCUT2D eigenvalue weighted by molar-refractivity contribution is 5.79. The first-order chi connectivity index (χ1) is 6.56. The zero-order valence-corrected chi connectivity index (χ0v) is 9.19. The lowest BCUT2D eigenvalue weighted by atomic mass is 10.1. The molecule has 0 bridgehead atoms. The quantitative estimate of drug-likeness (QED) is 0.715. The molecule has 1 rings (SSSR count). The van der Waals surface area contributed by atoms with E-state index in [1.165, 1.54) is 0 Å². The van der Waals surface area contributed by atoms with Crippen molar-refractivity contribution in [2.75, 3.05) is 13.2 Å². The average Bonchev–Trinajstić information content (AvgIpc) is 2.11. The number of hydrogen-bond donors (Lipinski definition) is 1. The SMILES string of the molecule is CCC(C(N)=O)N1CC(C)OCC1C. The molecule has 4 heteroatoms. The van der Waals surface area contributed by atoms with Crippen LogP contribution in [0.15, 0.2) is 0 Å². The average molecular weight is 200 g/mol. The summed E-state index contributed by atoms with van der Waals surface area (Å²) in [6.45, 7) is 7.56. The Bertz CT molecular complexity index is 208. The maximum absolute atomic E-state index is 11.2. The van der Waals surface area contributed by atoms with Crippen LogP contribution in [0.5, 0.6) is 0 Å². The van der Waals surface area contributed by atoms with E-state index in [1.54, 1.807) is 0 Å². The predicted molar refractivity (Wildman–Crippen MR) is 54.9 cm³/mol. The Labute approximate surface area is 85.4 Å². The summed E-state index contributed by atoms with van der Waals surface area (Å²) in [7, 11) is 0. The summed E-state index contributed by atoms with van der Waals surface area (Å²) in [4.78, 5) is 13.4. The number of ether oxygens (including phenoxy) is 1. The maximum Gasteiger partial charge on any atom is 0.234 e. The third-order valence-corrected chi connectivity index (χ3v) is 2.77. The first-order valence-corrected chi connectivity index (χ1v) is 5.23. The fourth-order valence-corrected chi connectivity index (χ4v) is 1.96. The minimum atomic E-state index is -0.228. The molecule has 82 valence electrons. The van der Waals surface area contributed by atoms with Crippen LogP contribution in [0.2, 0.25) is 0 Å². The Kier molecular flexibility index (Phi) is 3.89. The van der Waals surface area contributed by atoms with Crippen LogP contribution in [0.3, 0.4) is 0 Å². The van der Waals surface area contributed by atoms with Crippen molar-refractivity contribution in [1.82, 2.24) is 4.90 Å². The van der Waals surface area contributed by atoms with E-state index in [1.807, 2.05) is 13.8 Å². The largest absolute Gasteiger partial charge is 0.376 e. The lowest BCUT2D eigenvalue weighted by molar-refractivity contribution is -0.129. The van der Waals surface area contributed by atoms with E-state index in [2.05, 4.69) is 11.8 Å². The van der Waals surface area contributed by atoms with Crippen LogP contribution in [0.25, 0.3) is 0 Å². The minimum absolute atomic E-state index is 0.142. The molecule has 0 saturated carbocycles. The Hall–Kier alpha value is -0.610. The van der Waals surface area contributed by atoms with Gasteiger partial charge in [-0.05, 0) is 20.3 Å². The molecule has 1 fully saturated rings. The molecule has 0 radical (unpaired) electrons. The zero-order valence-electron chi connectivity index (χ0n) is 9.19. The van der Waals surface area contributed by atoms with Gasteiger partial charge in [0.05, 0.1) is 18.8 Å². The summed E-state index contributed by atoms with van der Waals surface area (Å²) in [6.07, 6.45) is 0.964. The number of carbonyl (C=O) groups is 1. The number of nitrogens with zero attached hydrogens (tertiary/aromatic N) is 1. The van der Waals surface area contributed by atoms with Crippen molar-refractivity contribution in [3.63, 3.8) is 0 Å². The van der Waals surface area contributed by atoms with Crippen molar-refractivity contribution < 1.29 is 9.53 Å². The zero-order chi connectivity index (χ0) is 10.7. The predicted octanol–water partition coefficient (Wildman–Crippen LogP) is 0.359. The smallest absolute Gasteiger partial charge is 0.234 e. The summed E-state index contributed by atoms with van der Waals surface area (Å²) in [5.74, 6) is -0.228. The Balaban J connectivity index is 2.66. The number of carbonyl (C=O) groups excluding carboxylic acids is 1. The fourth-order valence-electron chi connectivity index (χ4n) is 1.96. The first kappa shape index (κ1) is 11.5. The van der Waals surface area contributed by atoms with E-state index >= 15 is 0 Å². The molecule has 1 heterocycles. The number of nitrogens with two attached hydrogens (primary N) is 1. The van der Waals surface area contributed by atoms with Gasteiger partial charge in [-0.15, -0.1) is 0 Å². The Morgan fingerprint density at radius 1 is 1.64 bits per heavy atom. The van der Waals surface area contributed by atoms with Crippen LogP contribution in [-0.4, -0.2) is 42.1 Å². The highest BCUT2D eigenvalue weighted by Crippen LogP contribution is 2.16. The van der Waals surface area contributed by atoms with Gasteiger partial charge in [0, 0.05) is 12.6 Å². The van der Waals surface area contributed by atoms with Crippen LogP contribution in [0, 0.1) is 0 Å². The number of rotatable bonds is 3. The normalized spacial score (nSPS) is 31.4. The second-order valence-electron chi connectivity index (χ2n) is 4.02. The second-order valence-corrected chi connectivity index (χ2v) is 4.02. The van der Waals surface area contributed by atoms with Gasteiger partial charge in [0.15, 0.2) is 0 Å². The standard InChI is InChI=1S/C10H20N2O2/c1-4-9(10(11)13)12-5-8(3)14-6-7(12)2/h7-9H,4-6H2,1-3H3,(H2,11,13). The first-order valence-electron chi connectivity index (χ1n) is 5.23. The van der Waals surface area contributed by atoms with Gasteiger partial charge in [-0.1, -0.05) is 6.92 Å². The lowest BCUT2D eigenvalue weighted by Gasteiger charge is -2.40. The molecule has 0 aromatic heterocycles. The van der Waals surface area contributed by atoms with Gasteiger partial charge < -0.3 is 10.5 Å². The summed E-state index contributed by atoms with van der Waals surface area (Å²) < 4.78 is 5.50. The highest BCUT2D eigenvalue weighted by atomic mass is 16.5. The molecule has 1 aliphatic rings. The van der Waals surface area contributed by atoms with Crippen LogP contribution < -0.4 is 5.73 Å². The summed E-state index contributed by atoms with van der Waals surface area (Å²) in [6, 6.07) is 0.139. The Morgan fingerprint density at radius 2 is 2.29 bits per heavy atom. The van der Waals surface area contributed by atoms with Crippen LogP contribution >= 0.6 is 0 Å².